The molecule has 3 aromatic rings. The number of amides is 1. The number of anilines is 1. The number of aromatic nitrogens is 2. The van der Waals surface area contributed by atoms with Crippen LogP contribution in [0.4, 0.5) is 5.82 Å². The summed E-state index contributed by atoms with van der Waals surface area (Å²) in [6, 6.07) is 7.98. The van der Waals surface area contributed by atoms with Crippen molar-refractivity contribution in [3.63, 3.8) is 0 Å². The van der Waals surface area contributed by atoms with E-state index >= 15 is 0 Å². The summed E-state index contributed by atoms with van der Waals surface area (Å²) in [5, 5.41) is 1.12. The summed E-state index contributed by atoms with van der Waals surface area (Å²) in [6.45, 7) is 3.71. The normalized spacial score (nSPS) is 14.0. The molecular formula is C18H18N4OS. The van der Waals surface area contributed by atoms with Crippen LogP contribution >= 0.6 is 11.3 Å². The lowest BCUT2D eigenvalue weighted by molar-refractivity contribution is 0.0999. The van der Waals surface area contributed by atoms with Crippen molar-refractivity contribution in [2.45, 2.75) is 26.3 Å². The fourth-order valence-electron chi connectivity index (χ4n) is 3.34. The Morgan fingerprint density at radius 3 is 3.04 bits per heavy atom. The number of thiophene rings is 1. The van der Waals surface area contributed by atoms with Crippen LogP contribution in [-0.4, -0.2) is 22.4 Å². The van der Waals surface area contributed by atoms with E-state index in [0.717, 1.165) is 53.1 Å². The SMILES string of the molecule is CCc1cc2c(N3CCc4c(cccc4C(N)=O)C3)ncnc2s1. The third kappa shape index (κ3) is 2.43. The summed E-state index contributed by atoms with van der Waals surface area (Å²) in [6.07, 6.45) is 3.44. The summed E-state index contributed by atoms with van der Waals surface area (Å²) in [4.78, 5) is 25.2. The molecule has 5 nitrogen and oxygen atoms in total. The van der Waals surface area contributed by atoms with Gasteiger partial charge < -0.3 is 10.6 Å². The van der Waals surface area contributed by atoms with E-state index < -0.39 is 0 Å². The maximum atomic E-state index is 11.6. The number of hydrogen-bond donors (Lipinski definition) is 1. The predicted molar refractivity (Wildman–Crippen MR) is 96.5 cm³/mol. The minimum Gasteiger partial charge on any atom is -0.366 e. The third-order valence-electron chi connectivity index (χ3n) is 4.54. The van der Waals surface area contributed by atoms with Gasteiger partial charge in [0.15, 0.2) is 0 Å². The summed E-state index contributed by atoms with van der Waals surface area (Å²) >= 11 is 1.73. The van der Waals surface area contributed by atoms with Gasteiger partial charge in [-0.05, 0) is 36.1 Å². The van der Waals surface area contributed by atoms with Crippen LogP contribution in [-0.2, 0) is 19.4 Å². The zero-order valence-electron chi connectivity index (χ0n) is 13.5. The molecule has 1 amide bonds. The average molecular weight is 338 g/mol. The van der Waals surface area contributed by atoms with E-state index in [9.17, 15) is 4.79 Å². The van der Waals surface area contributed by atoms with Gasteiger partial charge in [-0.3, -0.25) is 4.79 Å². The van der Waals surface area contributed by atoms with Gasteiger partial charge >= 0.3 is 0 Å². The van der Waals surface area contributed by atoms with Gasteiger partial charge in [0.2, 0.25) is 5.91 Å². The number of carbonyl (C=O) groups excluding carboxylic acids is 1. The van der Waals surface area contributed by atoms with Gasteiger partial charge in [-0.25, -0.2) is 9.97 Å². The van der Waals surface area contributed by atoms with Crippen LogP contribution in [0.25, 0.3) is 10.2 Å². The first-order chi connectivity index (χ1) is 11.7. The summed E-state index contributed by atoms with van der Waals surface area (Å²) in [7, 11) is 0. The second-order valence-electron chi connectivity index (χ2n) is 5.96. The molecule has 0 radical (unpaired) electrons. The molecule has 6 heteroatoms. The Labute approximate surface area is 144 Å². The third-order valence-corrected chi connectivity index (χ3v) is 5.73. The van der Waals surface area contributed by atoms with Crippen molar-refractivity contribution in [2.24, 2.45) is 5.73 Å². The fourth-order valence-corrected chi connectivity index (χ4v) is 4.27. The van der Waals surface area contributed by atoms with Crippen LogP contribution in [0.1, 0.15) is 33.3 Å². The number of carbonyl (C=O) groups is 1. The minimum atomic E-state index is -0.352. The molecule has 1 aliphatic rings. The van der Waals surface area contributed by atoms with Crippen molar-refractivity contribution >= 4 is 33.3 Å². The van der Waals surface area contributed by atoms with E-state index in [1.807, 2.05) is 12.1 Å². The maximum Gasteiger partial charge on any atom is 0.248 e. The second-order valence-corrected chi connectivity index (χ2v) is 7.08. The Bertz CT molecular complexity index is 934. The summed E-state index contributed by atoms with van der Waals surface area (Å²) < 4.78 is 0. The highest BCUT2D eigenvalue weighted by Gasteiger charge is 2.23. The lowest BCUT2D eigenvalue weighted by Crippen LogP contribution is -2.32. The molecule has 0 bridgehead atoms. The zero-order chi connectivity index (χ0) is 16.7. The van der Waals surface area contributed by atoms with E-state index in [2.05, 4.69) is 33.9 Å². The molecule has 0 fully saturated rings. The lowest BCUT2D eigenvalue weighted by atomic mass is 9.94. The Kier molecular flexibility index (Phi) is 3.69. The van der Waals surface area contributed by atoms with Gasteiger partial charge in [0, 0.05) is 23.5 Å². The summed E-state index contributed by atoms with van der Waals surface area (Å²) in [5.74, 6) is 0.626. The van der Waals surface area contributed by atoms with Gasteiger partial charge in [0.1, 0.15) is 17.0 Å². The van der Waals surface area contributed by atoms with Crippen molar-refractivity contribution in [3.8, 4) is 0 Å². The predicted octanol–water partition coefficient (Wildman–Crippen LogP) is 2.92. The highest BCUT2D eigenvalue weighted by molar-refractivity contribution is 7.18. The van der Waals surface area contributed by atoms with E-state index in [4.69, 9.17) is 5.73 Å². The van der Waals surface area contributed by atoms with Crippen molar-refractivity contribution in [1.82, 2.24) is 9.97 Å². The molecule has 1 aromatic carbocycles. The molecule has 2 N–H and O–H groups in total. The number of rotatable bonds is 3. The molecule has 4 rings (SSSR count). The number of benzene rings is 1. The first-order valence-electron chi connectivity index (χ1n) is 8.06. The molecule has 3 heterocycles. The van der Waals surface area contributed by atoms with Gasteiger partial charge in [-0.1, -0.05) is 19.1 Å². The molecule has 0 spiro atoms. The van der Waals surface area contributed by atoms with E-state index in [1.165, 1.54) is 4.88 Å². The largest absolute Gasteiger partial charge is 0.366 e. The number of nitrogens with two attached hydrogens (primary N) is 1. The van der Waals surface area contributed by atoms with E-state index in [0.29, 0.717) is 5.56 Å². The van der Waals surface area contributed by atoms with Gasteiger partial charge in [0.05, 0.1) is 5.39 Å². The van der Waals surface area contributed by atoms with Crippen LogP contribution < -0.4 is 10.6 Å². The van der Waals surface area contributed by atoms with Crippen LogP contribution in [0.15, 0.2) is 30.6 Å². The molecule has 0 saturated carbocycles. The molecule has 0 atom stereocenters. The number of primary amides is 1. The van der Waals surface area contributed by atoms with Crippen molar-refractivity contribution in [1.29, 1.82) is 0 Å². The van der Waals surface area contributed by atoms with E-state index in [-0.39, 0.29) is 5.91 Å². The first-order valence-corrected chi connectivity index (χ1v) is 8.88. The van der Waals surface area contributed by atoms with Crippen LogP contribution in [0, 0.1) is 0 Å². The quantitative estimate of drug-likeness (QED) is 0.797. The van der Waals surface area contributed by atoms with Gasteiger partial charge in [-0.2, -0.15) is 0 Å². The molecule has 1 aliphatic heterocycles. The number of aryl methyl sites for hydroxylation is 1. The lowest BCUT2D eigenvalue weighted by Gasteiger charge is -2.31. The Morgan fingerprint density at radius 2 is 2.25 bits per heavy atom. The molecule has 0 saturated heterocycles. The van der Waals surface area contributed by atoms with Crippen LogP contribution in [0.2, 0.25) is 0 Å². The monoisotopic (exact) mass is 338 g/mol. The molecular weight excluding hydrogens is 320 g/mol. The average Bonchev–Trinajstić information content (AvgIpc) is 3.03. The molecule has 24 heavy (non-hydrogen) atoms. The highest BCUT2D eigenvalue weighted by Crippen LogP contribution is 2.33. The molecule has 122 valence electrons. The van der Waals surface area contributed by atoms with Crippen LogP contribution in [0.5, 0.6) is 0 Å². The first kappa shape index (κ1) is 15.1. The maximum absolute atomic E-state index is 11.6. The number of fused-ring (bicyclic) bond motifs is 2. The Hall–Kier alpha value is -2.47. The number of hydrogen-bond acceptors (Lipinski definition) is 5. The topological polar surface area (TPSA) is 72.1 Å². The minimum absolute atomic E-state index is 0.352. The number of nitrogens with zero attached hydrogens (tertiary/aromatic N) is 3. The molecule has 0 aliphatic carbocycles. The Balaban J connectivity index is 1.74. The zero-order valence-corrected chi connectivity index (χ0v) is 14.3. The van der Waals surface area contributed by atoms with Crippen molar-refractivity contribution in [2.75, 3.05) is 11.4 Å². The fraction of sp³-hybridized carbons (Fsp3) is 0.278. The van der Waals surface area contributed by atoms with Crippen molar-refractivity contribution < 1.29 is 4.79 Å². The van der Waals surface area contributed by atoms with Crippen LogP contribution in [0.3, 0.4) is 0 Å². The molecule has 2 aromatic heterocycles. The summed E-state index contributed by atoms with van der Waals surface area (Å²) in [5.41, 5.74) is 8.37. The van der Waals surface area contributed by atoms with Gasteiger partial charge in [0.25, 0.3) is 0 Å². The Morgan fingerprint density at radius 1 is 1.38 bits per heavy atom. The molecule has 0 unspecified atom stereocenters. The smallest absolute Gasteiger partial charge is 0.248 e. The standard InChI is InChI=1S/C18H18N4OS/c1-2-12-8-15-17(20-10-21-18(15)24-12)22-7-6-13-11(9-22)4-3-5-14(13)16(19)23/h3-5,8,10H,2,6-7,9H2,1H3,(H2,19,23). The second kappa shape index (κ2) is 5.87. The van der Waals surface area contributed by atoms with Crippen molar-refractivity contribution in [3.05, 3.63) is 52.2 Å². The van der Waals surface area contributed by atoms with E-state index in [1.54, 1.807) is 17.7 Å². The highest BCUT2D eigenvalue weighted by atomic mass is 32.1. The van der Waals surface area contributed by atoms with Gasteiger partial charge in [-0.15, -0.1) is 11.3 Å².